The van der Waals surface area contributed by atoms with Crippen LogP contribution in [0.1, 0.15) is 11.1 Å². The van der Waals surface area contributed by atoms with Gasteiger partial charge in [0.2, 0.25) is 0 Å². The third-order valence-corrected chi connectivity index (χ3v) is 6.17. The topological polar surface area (TPSA) is 46.6 Å². The third kappa shape index (κ3) is 4.11. The predicted octanol–water partition coefficient (Wildman–Crippen LogP) is 4.54. The third-order valence-electron chi connectivity index (χ3n) is 4.23. The summed E-state index contributed by atoms with van der Waals surface area (Å²) < 4.78 is 46.7. The van der Waals surface area contributed by atoms with Crippen LogP contribution in [0.4, 0.5) is 10.1 Å². The van der Waals surface area contributed by atoms with Crippen molar-refractivity contribution in [2.24, 2.45) is 0 Å². The van der Waals surface area contributed by atoms with Crippen molar-refractivity contribution in [2.75, 3.05) is 11.4 Å². The van der Waals surface area contributed by atoms with E-state index in [4.69, 9.17) is 4.74 Å². The largest absolute Gasteiger partial charge is 0.497 e. The number of ether oxygens (including phenoxy) is 1. The van der Waals surface area contributed by atoms with Gasteiger partial charge in [0.05, 0.1) is 24.2 Å². The Labute approximate surface area is 158 Å². The minimum absolute atomic E-state index is 0.0845. The monoisotopic (exact) mass is 385 g/mol. The summed E-state index contributed by atoms with van der Waals surface area (Å²) >= 11 is 0. The van der Waals surface area contributed by atoms with Crippen LogP contribution in [0.3, 0.4) is 0 Å². The Hall–Kier alpha value is -2.86. The molecule has 0 bridgehead atoms. The number of hydrogen-bond donors (Lipinski definition) is 0. The van der Waals surface area contributed by atoms with E-state index in [0.29, 0.717) is 17.0 Å². The molecule has 0 aliphatic carbocycles. The first kappa shape index (κ1) is 18.9. The first-order valence-electron chi connectivity index (χ1n) is 8.38. The molecule has 0 amide bonds. The molecule has 0 atom stereocenters. The number of benzene rings is 3. The summed E-state index contributed by atoms with van der Waals surface area (Å²) in [6, 6.07) is 19.8. The number of anilines is 1. The van der Waals surface area contributed by atoms with E-state index < -0.39 is 15.8 Å². The van der Waals surface area contributed by atoms with Gasteiger partial charge in [0, 0.05) is 0 Å². The number of sulfonamides is 1. The van der Waals surface area contributed by atoms with Crippen LogP contribution in [0.25, 0.3) is 0 Å². The molecule has 0 fully saturated rings. The molecule has 0 saturated carbocycles. The van der Waals surface area contributed by atoms with Crippen molar-refractivity contribution in [1.82, 2.24) is 0 Å². The van der Waals surface area contributed by atoms with Gasteiger partial charge in [-0.2, -0.15) is 0 Å². The minimum atomic E-state index is -3.88. The number of halogens is 1. The molecular weight excluding hydrogens is 365 g/mol. The Morgan fingerprint density at radius 1 is 0.963 bits per heavy atom. The molecule has 0 saturated heterocycles. The highest BCUT2D eigenvalue weighted by molar-refractivity contribution is 7.92. The van der Waals surface area contributed by atoms with Crippen molar-refractivity contribution in [3.05, 3.63) is 89.7 Å². The van der Waals surface area contributed by atoms with Gasteiger partial charge < -0.3 is 4.74 Å². The lowest BCUT2D eigenvalue weighted by atomic mass is 10.2. The Balaban J connectivity index is 2.06. The van der Waals surface area contributed by atoms with Gasteiger partial charge in [-0.05, 0) is 60.5 Å². The summed E-state index contributed by atoms with van der Waals surface area (Å²) in [6.07, 6.45) is 0. The molecule has 3 aromatic carbocycles. The minimum Gasteiger partial charge on any atom is -0.497 e. The van der Waals surface area contributed by atoms with E-state index in [1.165, 1.54) is 16.4 Å². The highest BCUT2D eigenvalue weighted by atomic mass is 32.2. The van der Waals surface area contributed by atoms with Gasteiger partial charge in [-0.15, -0.1) is 0 Å². The highest BCUT2D eigenvalue weighted by Gasteiger charge is 2.27. The Morgan fingerprint density at radius 3 is 2.22 bits per heavy atom. The zero-order valence-corrected chi connectivity index (χ0v) is 15.9. The van der Waals surface area contributed by atoms with E-state index in [9.17, 15) is 12.8 Å². The van der Waals surface area contributed by atoms with E-state index >= 15 is 0 Å². The molecule has 0 aromatic heterocycles. The predicted molar refractivity (Wildman–Crippen MR) is 104 cm³/mol. The van der Waals surface area contributed by atoms with Gasteiger partial charge in [-0.25, -0.2) is 12.8 Å². The zero-order chi connectivity index (χ0) is 19.4. The summed E-state index contributed by atoms with van der Waals surface area (Å²) in [5.74, 6) is 0.232. The molecule has 0 unspecified atom stereocenters. The number of aryl methyl sites for hydroxylation is 1. The van der Waals surface area contributed by atoms with Gasteiger partial charge in [-0.3, -0.25) is 4.31 Å². The Bertz CT molecular complexity index is 1020. The molecular formula is C21H20FNO3S. The Morgan fingerprint density at radius 2 is 1.63 bits per heavy atom. The number of rotatable bonds is 6. The standard InChI is InChI=1S/C21H20FNO3S/c1-16-14-18(22)10-13-21(16)27(24,25)23(19-6-4-3-5-7-19)15-17-8-11-20(26-2)12-9-17/h3-14H,15H2,1-2H3. The maximum absolute atomic E-state index is 13.5. The first-order chi connectivity index (χ1) is 12.9. The smallest absolute Gasteiger partial charge is 0.264 e. The van der Waals surface area contributed by atoms with E-state index in [-0.39, 0.29) is 11.4 Å². The van der Waals surface area contributed by atoms with E-state index in [2.05, 4.69) is 0 Å². The lowest BCUT2D eigenvalue weighted by Gasteiger charge is -2.25. The van der Waals surface area contributed by atoms with Crippen LogP contribution in [-0.2, 0) is 16.6 Å². The normalized spacial score (nSPS) is 11.2. The van der Waals surface area contributed by atoms with Gasteiger partial charge in [0.25, 0.3) is 10.0 Å². The van der Waals surface area contributed by atoms with Crippen molar-refractivity contribution in [3.63, 3.8) is 0 Å². The van der Waals surface area contributed by atoms with Crippen molar-refractivity contribution < 1.29 is 17.5 Å². The molecule has 27 heavy (non-hydrogen) atoms. The summed E-state index contributed by atoms with van der Waals surface area (Å²) in [4.78, 5) is 0.0845. The molecule has 0 spiro atoms. The van der Waals surface area contributed by atoms with Gasteiger partial charge in [0.15, 0.2) is 0 Å². The molecule has 0 aliphatic heterocycles. The lowest BCUT2D eigenvalue weighted by Crippen LogP contribution is -2.31. The molecule has 0 aliphatic rings. The van der Waals surface area contributed by atoms with Crippen LogP contribution in [0.5, 0.6) is 5.75 Å². The lowest BCUT2D eigenvalue weighted by molar-refractivity contribution is 0.414. The Kier molecular flexibility index (Phi) is 5.46. The maximum Gasteiger partial charge on any atom is 0.264 e. The van der Waals surface area contributed by atoms with Crippen LogP contribution in [0.2, 0.25) is 0 Å². The van der Waals surface area contributed by atoms with E-state index in [0.717, 1.165) is 11.6 Å². The van der Waals surface area contributed by atoms with Crippen molar-refractivity contribution in [2.45, 2.75) is 18.4 Å². The van der Waals surface area contributed by atoms with Crippen LogP contribution < -0.4 is 9.04 Å². The molecule has 0 N–H and O–H groups in total. The molecule has 0 heterocycles. The van der Waals surface area contributed by atoms with Crippen LogP contribution in [0.15, 0.2) is 77.7 Å². The molecule has 3 rings (SSSR count). The number of methoxy groups -OCH3 is 1. The highest BCUT2D eigenvalue weighted by Crippen LogP contribution is 2.28. The summed E-state index contributed by atoms with van der Waals surface area (Å²) in [7, 11) is -2.30. The summed E-state index contributed by atoms with van der Waals surface area (Å²) in [5, 5.41) is 0. The molecule has 0 radical (unpaired) electrons. The molecule has 6 heteroatoms. The maximum atomic E-state index is 13.5. The fourth-order valence-corrected chi connectivity index (χ4v) is 4.49. The van der Waals surface area contributed by atoms with E-state index in [1.54, 1.807) is 50.4 Å². The van der Waals surface area contributed by atoms with Crippen molar-refractivity contribution in [1.29, 1.82) is 0 Å². The number of nitrogens with zero attached hydrogens (tertiary/aromatic N) is 1. The van der Waals surface area contributed by atoms with Crippen molar-refractivity contribution in [3.8, 4) is 5.75 Å². The SMILES string of the molecule is COc1ccc(CN(c2ccccc2)S(=O)(=O)c2ccc(F)cc2C)cc1. The summed E-state index contributed by atoms with van der Waals surface area (Å²) in [6.45, 7) is 1.74. The van der Waals surface area contributed by atoms with E-state index in [1.807, 2.05) is 18.2 Å². The van der Waals surface area contributed by atoms with Crippen LogP contribution >= 0.6 is 0 Å². The van der Waals surface area contributed by atoms with Gasteiger partial charge >= 0.3 is 0 Å². The second-order valence-electron chi connectivity index (χ2n) is 6.11. The molecule has 140 valence electrons. The average molecular weight is 385 g/mol. The van der Waals surface area contributed by atoms with Crippen LogP contribution in [-0.4, -0.2) is 15.5 Å². The van der Waals surface area contributed by atoms with Gasteiger partial charge in [-0.1, -0.05) is 30.3 Å². The van der Waals surface area contributed by atoms with Crippen LogP contribution in [0, 0.1) is 12.7 Å². The fraction of sp³-hybridized carbons (Fsp3) is 0.143. The zero-order valence-electron chi connectivity index (χ0n) is 15.1. The second kappa shape index (κ2) is 7.80. The number of para-hydroxylation sites is 1. The fourth-order valence-electron chi connectivity index (χ4n) is 2.83. The number of hydrogen-bond acceptors (Lipinski definition) is 3. The summed E-state index contributed by atoms with van der Waals surface area (Å²) in [5.41, 5.74) is 1.71. The van der Waals surface area contributed by atoms with Crippen molar-refractivity contribution >= 4 is 15.7 Å². The average Bonchev–Trinajstić information content (AvgIpc) is 2.67. The second-order valence-corrected chi connectivity index (χ2v) is 7.94. The quantitative estimate of drug-likeness (QED) is 0.626. The first-order valence-corrected chi connectivity index (χ1v) is 9.82. The van der Waals surface area contributed by atoms with Gasteiger partial charge in [0.1, 0.15) is 11.6 Å². The molecule has 4 nitrogen and oxygen atoms in total. The molecule has 3 aromatic rings.